The molecule has 2 aromatic heterocycles. The number of nitrogens with one attached hydrogen (secondary N) is 1. The van der Waals surface area contributed by atoms with Gasteiger partial charge in [0.2, 0.25) is 11.5 Å². The topological polar surface area (TPSA) is 84.7 Å². The molecule has 0 aliphatic carbocycles. The van der Waals surface area contributed by atoms with Crippen molar-refractivity contribution in [3.8, 4) is 0 Å². The van der Waals surface area contributed by atoms with E-state index in [0.717, 1.165) is 21.7 Å². The van der Waals surface area contributed by atoms with Crippen LogP contribution in [0, 0.1) is 12.8 Å². The van der Waals surface area contributed by atoms with E-state index >= 15 is 0 Å². The average Bonchev–Trinajstić information content (AvgIpc) is 3.23. The summed E-state index contributed by atoms with van der Waals surface area (Å²) < 4.78 is 59.9. The SMILES string of the molecule is Cc1ccc(COC(=O)N2CC[C@H](CNc3nccn4c(C(F)(F)F)nnc34)[C@H](F)C2)cc1. The Labute approximate surface area is 186 Å². The molecule has 1 amide bonds. The lowest BCUT2D eigenvalue weighted by Crippen LogP contribution is -2.46. The second-order valence-corrected chi connectivity index (χ2v) is 7.92. The van der Waals surface area contributed by atoms with Gasteiger partial charge in [0, 0.05) is 31.4 Å². The normalized spacial score (nSPS) is 19.0. The molecule has 1 saturated heterocycles. The van der Waals surface area contributed by atoms with E-state index in [-0.39, 0.29) is 31.2 Å². The number of aromatic nitrogens is 4. The molecule has 176 valence electrons. The number of carbonyl (C=O) groups excluding carboxylic acids is 1. The number of likely N-dealkylation sites (tertiary alicyclic amines) is 1. The Balaban J connectivity index is 1.31. The summed E-state index contributed by atoms with van der Waals surface area (Å²) >= 11 is 0. The van der Waals surface area contributed by atoms with Crippen molar-refractivity contribution in [2.45, 2.75) is 32.3 Å². The molecule has 1 aromatic carbocycles. The predicted molar refractivity (Wildman–Crippen MR) is 110 cm³/mol. The van der Waals surface area contributed by atoms with Gasteiger partial charge in [-0.2, -0.15) is 13.2 Å². The van der Waals surface area contributed by atoms with Crippen molar-refractivity contribution in [3.63, 3.8) is 0 Å². The first-order chi connectivity index (χ1) is 15.7. The first-order valence-corrected chi connectivity index (χ1v) is 10.3. The summed E-state index contributed by atoms with van der Waals surface area (Å²) in [6.45, 7) is 2.36. The molecule has 1 aliphatic rings. The molecule has 2 atom stereocenters. The zero-order valence-electron chi connectivity index (χ0n) is 17.7. The van der Waals surface area contributed by atoms with Gasteiger partial charge < -0.3 is 15.0 Å². The predicted octanol–water partition coefficient (Wildman–Crippen LogP) is 3.86. The highest BCUT2D eigenvalue weighted by Crippen LogP contribution is 2.29. The minimum absolute atomic E-state index is 0.0765. The number of aryl methyl sites for hydroxylation is 1. The Hall–Kier alpha value is -3.44. The third-order valence-electron chi connectivity index (χ3n) is 5.53. The quantitative estimate of drug-likeness (QED) is 0.575. The number of carbonyl (C=O) groups is 1. The van der Waals surface area contributed by atoms with Crippen LogP contribution in [0.15, 0.2) is 36.7 Å². The van der Waals surface area contributed by atoms with Gasteiger partial charge in [-0.25, -0.2) is 14.2 Å². The third-order valence-corrected chi connectivity index (χ3v) is 5.53. The summed E-state index contributed by atoms with van der Waals surface area (Å²) in [6, 6.07) is 7.55. The van der Waals surface area contributed by atoms with E-state index in [2.05, 4.69) is 20.5 Å². The van der Waals surface area contributed by atoms with E-state index in [1.165, 1.54) is 11.1 Å². The van der Waals surface area contributed by atoms with Crippen molar-refractivity contribution in [1.82, 2.24) is 24.5 Å². The smallest absolute Gasteiger partial charge is 0.445 e. The fraction of sp³-hybridized carbons (Fsp3) is 0.429. The van der Waals surface area contributed by atoms with E-state index in [1.807, 2.05) is 31.2 Å². The van der Waals surface area contributed by atoms with Gasteiger partial charge in [-0.1, -0.05) is 29.8 Å². The Morgan fingerprint density at radius 1 is 1.24 bits per heavy atom. The number of nitrogens with zero attached hydrogens (tertiary/aromatic N) is 5. The number of alkyl halides is 4. The van der Waals surface area contributed by atoms with Crippen LogP contribution in [0.3, 0.4) is 0 Å². The fourth-order valence-corrected chi connectivity index (χ4v) is 3.64. The summed E-state index contributed by atoms with van der Waals surface area (Å²) in [5.74, 6) is -1.55. The van der Waals surface area contributed by atoms with Crippen molar-refractivity contribution < 1.29 is 27.1 Å². The van der Waals surface area contributed by atoms with Gasteiger partial charge >= 0.3 is 12.3 Å². The molecule has 33 heavy (non-hydrogen) atoms. The number of hydrogen-bond acceptors (Lipinski definition) is 6. The Kier molecular flexibility index (Phi) is 6.34. The van der Waals surface area contributed by atoms with Crippen molar-refractivity contribution >= 4 is 17.6 Å². The van der Waals surface area contributed by atoms with Gasteiger partial charge in [-0.15, -0.1) is 10.2 Å². The molecule has 3 aromatic rings. The van der Waals surface area contributed by atoms with Crippen molar-refractivity contribution in [2.75, 3.05) is 25.0 Å². The summed E-state index contributed by atoms with van der Waals surface area (Å²) in [5, 5.41) is 9.62. The summed E-state index contributed by atoms with van der Waals surface area (Å²) in [5.41, 5.74) is 1.84. The van der Waals surface area contributed by atoms with E-state index < -0.39 is 30.2 Å². The number of amides is 1. The van der Waals surface area contributed by atoms with Crippen molar-refractivity contribution in [3.05, 3.63) is 53.6 Å². The summed E-state index contributed by atoms with van der Waals surface area (Å²) in [7, 11) is 0. The van der Waals surface area contributed by atoms with Gasteiger partial charge in [-0.05, 0) is 18.9 Å². The van der Waals surface area contributed by atoms with E-state index in [1.54, 1.807) is 0 Å². The molecule has 4 rings (SSSR count). The number of fused-ring (bicyclic) bond motifs is 1. The van der Waals surface area contributed by atoms with Crippen LogP contribution in [-0.2, 0) is 17.5 Å². The van der Waals surface area contributed by atoms with Gasteiger partial charge in [0.25, 0.3) is 0 Å². The van der Waals surface area contributed by atoms with Crippen molar-refractivity contribution in [2.24, 2.45) is 5.92 Å². The van der Waals surface area contributed by atoms with Gasteiger partial charge in [0.1, 0.15) is 12.8 Å². The van der Waals surface area contributed by atoms with Gasteiger partial charge in [0.15, 0.2) is 5.82 Å². The fourth-order valence-electron chi connectivity index (χ4n) is 3.64. The molecular weight excluding hydrogens is 444 g/mol. The number of rotatable bonds is 5. The molecule has 8 nitrogen and oxygen atoms in total. The summed E-state index contributed by atoms with van der Waals surface area (Å²) in [4.78, 5) is 17.6. The molecule has 1 fully saturated rings. The molecular formula is C21H22F4N6O2. The highest BCUT2D eigenvalue weighted by atomic mass is 19.4. The first kappa shape index (κ1) is 22.7. The molecule has 0 unspecified atom stereocenters. The first-order valence-electron chi connectivity index (χ1n) is 10.3. The van der Waals surface area contributed by atoms with E-state index in [4.69, 9.17) is 4.74 Å². The maximum Gasteiger partial charge on any atom is 0.452 e. The van der Waals surface area contributed by atoms with Crippen LogP contribution >= 0.6 is 0 Å². The van der Waals surface area contributed by atoms with Gasteiger partial charge in [-0.3, -0.25) is 4.40 Å². The number of hydrogen-bond donors (Lipinski definition) is 1. The lowest BCUT2D eigenvalue weighted by atomic mass is 9.95. The maximum absolute atomic E-state index is 14.8. The molecule has 0 bridgehead atoms. The lowest BCUT2D eigenvalue weighted by Gasteiger charge is -2.34. The van der Waals surface area contributed by atoms with Crippen LogP contribution in [0.1, 0.15) is 23.4 Å². The lowest BCUT2D eigenvalue weighted by molar-refractivity contribution is -0.145. The van der Waals surface area contributed by atoms with Crippen LogP contribution in [0.2, 0.25) is 0 Å². The monoisotopic (exact) mass is 466 g/mol. The Bertz CT molecular complexity index is 1120. The van der Waals surface area contributed by atoms with Crippen LogP contribution in [0.4, 0.5) is 28.2 Å². The summed E-state index contributed by atoms with van der Waals surface area (Å²) in [6.07, 6.45) is -3.92. The second-order valence-electron chi connectivity index (χ2n) is 7.92. The molecule has 0 radical (unpaired) electrons. The van der Waals surface area contributed by atoms with Crippen LogP contribution in [-0.4, -0.2) is 56.4 Å². The third kappa shape index (κ3) is 5.15. The minimum Gasteiger partial charge on any atom is -0.445 e. The number of piperidine rings is 1. The standard InChI is InChI=1S/C21H22F4N6O2/c1-13-2-4-14(5-3-13)12-33-20(32)30-8-6-15(16(22)11-30)10-27-17-18-28-29-19(21(23,24)25)31(18)9-7-26-17/h2-5,7,9,15-16H,6,8,10-12H2,1H3,(H,26,27)/t15-,16-/m1/s1. The molecule has 12 heteroatoms. The number of ether oxygens (including phenoxy) is 1. The van der Waals surface area contributed by atoms with Crippen molar-refractivity contribution in [1.29, 1.82) is 0 Å². The highest BCUT2D eigenvalue weighted by molar-refractivity contribution is 5.68. The van der Waals surface area contributed by atoms with Gasteiger partial charge in [0.05, 0.1) is 6.54 Å². The largest absolute Gasteiger partial charge is 0.452 e. The Morgan fingerprint density at radius 2 is 2.00 bits per heavy atom. The molecule has 1 N–H and O–H groups in total. The zero-order chi connectivity index (χ0) is 23.6. The number of benzene rings is 1. The molecule has 3 heterocycles. The molecule has 0 saturated carbocycles. The minimum atomic E-state index is -4.66. The number of anilines is 1. The zero-order valence-corrected chi connectivity index (χ0v) is 17.7. The van der Waals surface area contributed by atoms with Crippen LogP contribution < -0.4 is 5.32 Å². The molecule has 0 spiro atoms. The number of halogens is 4. The van der Waals surface area contributed by atoms with E-state index in [0.29, 0.717) is 13.0 Å². The second kappa shape index (κ2) is 9.20. The highest BCUT2D eigenvalue weighted by Gasteiger charge is 2.37. The Morgan fingerprint density at radius 3 is 2.70 bits per heavy atom. The molecule has 1 aliphatic heterocycles. The van der Waals surface area contributed by atoms with E-state index in [9.17, 15) is 22.4 Å². The maximum atomic E-state index is 14.8. The van der Waals surface area contributed by atoms with Crippen LogP contribution in [0.5, 0.6) is 0 Å². The average molecular weight is 466 g/mol. The van der Waals surface area contributed by atoms with Crippen LogP contribution in [0.25, 0.3) is 5.65 Å².